The number of carbonyl (C=O) groups excluding carboxylic acids is 1. The topological polar surface area (TPSA) is 17.1 Å². The van der Waals surface area contributed by atoms with Crippen LogP contribution >= 0.6 is 0 Å². The third-order valence-corrected chi connectivity index (χ3v) is 4.76. The van der Waals surface area contributed by atoms with Crippen LogP contribution in [0.5, 0.6) is 0 Å². The van der Waals surface area contributed by atoms with Gasteiger partial charge in [0.1, 0.15) is 6.54 Å². The van der Waals surface area contributed by atoms with E-state index in [9.17, 15) is 4.79 Å². The van der Waals surface area contributed by atoms with E-state index in [2.05, 4.69) is 69.7 Å². The molecule has 0 radical (unpaired) electrons. The van der Waals surface area contributed by atoms with Gasteiger partial charge >= 0.3 is 0 Å². The molecule has 3 heteroatoms. The fourth-order valence-electron chi connectivity index (χ4n) is 3.55. The van der Waals surface area contributed by atoms with Crippen molar-refractivity contribution in [2.45, 2.75) is 18.9 Å². The Balaban J connectivity index is 0.00000280. The number of carbonyl (C=O) groups is 1. The highest BCUT2D eigenvalue weighted by molar-refractivity contribution is 5.96. The summed E-state index contributed by atoms with van der Waals surface area (Å²) in [7, 11) is 6.59. The van der Waals surface area contributed by atoms with E-state index in [4.69, 9.17) is 0 Å². The van der Waals surface area contributed by atoms with Crippen molar-refractivity contribution in [2.75, 3.05) is 21.1 Å². The maximum Gasteiger partial charge on any atom is 0.163 e. The van der Waals surface area contributed by atoms with Crippen LogP contribution in [0.15, 0.2) is 84.9 Å². The van der Waals surface area contributed by atoms with Crippen LogP contribution in [0.2, 0.25) is 0 Å². The van der Waals surface area contributed by atoms with Crippen LogP contribution in [0.3, 0.4) is 0 Å². The number of hydrogen-bond acceptors (Lipinski definition) is 1. The van der Waals surface area contributed by atoms with Gasteiger partial charge in [-0.25, -0.2) is 0 Å². The van der Waals surface area contributed by atoms with Crippen LogP contribution in [0.4, 0.5) is 0 Å². The minimum absolute atomic E-state index is 0. The number of ketones is 1. The first-order chi connectivity index (χ1) is 12.9. The minimum atomic E-state index is 0. The second kappa shape index (κ2) is 9.99. The highest BCUT2D eigenvalue weighted by atomic mass is 127. The van der Waals surface area contributed by atoms with E-state index in [-0.39, 0.29) is 35.7 Å². The van der Waals surface area contributed by atoms with Crippen molar-refractivity contribution in [2.24, 2.45) is 0 Å². The average Bonchev–Trinajstić information content (AvgIpc) is 2.67. The normalized spacial score (nSPS) is 12.1. The number of rotatable bonds is 7. The predicted octanol–water partition coefficient (Wildman–Crippen LogP) is 2.30. The summed E-state index contributed by atoms with van der Waals surface area (Å²) in [6.07, 6.45) is 0.474. The first-order valence-electron chi connectivity index (χ1n) is 9.45. The molecule has 0 aliphatic heterocycles. The van der Waals surface area contributed by atoms with Crippen LogP contribution < -0.4 is 24.0 Å². The van der Waals surface area contributed by atoms with E-state index < -0.39 is 0 Å². The van der Waals surface area contributed by atoms with Crippen LogP contribution in [0.25, 0.3) is 0 Å². The third kappa shape index (κ3) is 6.01. The molecule has 0 fully saturated rings. The lowest BCUT2D eigenvalue weighted by molar-refractivity contribution is -0.884. The Kier molecular flexibility index (Phi) is 7.96. The SMILES string of the molecule is C[N+](C)(C)Cc1ccccc1C(CC(=O)c1ccccc1)c1ccccc1.[I-]. The Morgan fingerprint density at radius 3 is 1.93 bits per heavy atom. The zero-order chi connectivity index (χ0) is 19.3. The molecule has 1 atom stereocenters. The van der Waals surface area contributed by atoms with Gasteiger partial charge in [0.25, 0.3) is 0 Å². The minimum Gasteiger partial charge on any atom is -1.00 e. The molecule has 0 saturated heterocycles. The summed E-state index contributed by atoms with van der Waals surface area (Å²) in [6.45, 7) is 0.930. The molecule has 0 saturated carbocycles. The Labute approximate surface area is 185 Å². The summed E-state index contributed by atoms with van der Waals surface area (Å²) in [5, 5.41) is 0. The van der Waals surface area contributed by atoms with E-state index >= 15 is 0 Å². The molecule has 0 bridgehead atoms. The lowest BCUT2D eigenvalue weighted by Crippen LogP contribution is -3.00. The second-order valence-corrected chi connectivity index (χ2v) is 8.10. The summed E-state index contributed by atoms with van der Waals surface area (Å²) < 4.78 is 0.852. The van der Waals surface area contributed by atoms with Gasteiger partial charge in [0, 0.05) is 23.5 Å². The molecular formula is C25H28INO. The Morgan fingerprint density at radius 1 is 0.786 bits per heavy atom. The lowest BCUT2D eigenvalue weighted by Gasteiger charge is -2.27. The van der Waals surface area contributed by atoms with E-state index in [1.165, 1.54) is 16.7 Å². The molecule has 2 nitrogen and oxygen atoms in total. The number of hydrogen-bond donors (Lipinski definition) is 0. The van der Waals surface area contributed by atoms with Gasteiger partial charge in [-0.15, -0.1) is 0 Å². The van der Waals surface area contributed by atoms with Crippen molar-refractivity contribution in [1.82, 2.24) is 0 Å². The summed E-state index contributed by atoms with van der Waals surface area (Å²) in [5.74, 6) is 0.242. The van der Waals surface area contributed by atoms with E-state index in [0.717, 1.165) is 16.6 Å². The van der Waals surface area contributed by atoms with Crippen LogP contribution in [-0.2, 0) is 6.54 Å². The Hall–Kier alpha value is -1.98. The molecule has 0 amide bonds. The highest BCUT2D eigenvalue weighted by Crippen LogP contribution is 2.32. The van der Waals surface area contributed by atoms with E-state index in [0.29, 0.717) is 6.42 Å². The highest BCUT2D eigenvalue weighted by Gasteiger charge is 2.23. The number of Topliss-reactive ketones (excluding diaryl/α,β-unsaturated/α-hetero) is 1. The van der Waals surface area contributed by atoms with Crippen molar-refractivity contribution in [3.05, 3.63) is 107 Å². The van der Waals surface area contributed by atoms with E-state index in [1.807, 2.05) is 36.4 Å². The predicted molar refractivity (Wildman–Crippen MR) is 112 cm³/mol. The van der Waals surface area contributed by atoms with Crippen LogP contribution in [0.1, 0.15) is 39.4 Å². The molecule has 28 heavy (non-hydrogen) atoms. The summed E-state index contributed by atoms with van der Waals surface area (Å²) >= 11 is 0. The third-order valence-electron chi connectivity index (χ3n) is 4.76. The van der Waals surface area contributed by atoms with Gasteiger partial charge in [-0.1, -0.05) is 84.9 Å². The first kappa shape index (κ1) is 22.3. The number of halogens is 1. The maximum absolute atomic E-state index is 13.0. The van der Waals surface area contributed by atoms with E-state index in [1.54, 1.807) is 0 Å². The van der Waals surface area contributed by atoms with Gasteiger partial charge in [-0.3, -0.25) is 4.79 Å². The Bertz CT molecular complexity index is 885. The molecule has 3 aromatic carbocycles. The molecule has 0 aliphatic carbocycles. The van der Waals surface area contributed by atoms with Crippen molar-refractivity contribution < 1.29 is 33.3 Å². The molecule has 0 spiro atoms. The van der Waals surface area contributed by atoms with Crippen LogP contribution in [0, 0.1) is 0 Å². The number of quaternary nitrogens is 1. The fraction of sp³-hybridized carbons (Fsp3) is 0.240. The average molecular weight is 485 g/mol. The quantitative estimate of drug-likeness (QED) is 0.285. The van der Waals surface area contributed by atoms with Gasteiger partial charge in [0.15, 0.2) is 5.78 Å². The zero-order valence-electron chi connectivity index (χ0n) is 16.8. The van der Waals surface area contributed by atoms with Crippen molar-refractivity contribution in [1.29, 1.82) is 0 Å². The molecular weight excluding hydrogens is 457 g/mol. The van der Waals surface area contributed by atoms with Gasteiger partial charge in [-0.2, -0.15) is 0 Å². The fourth-order valence-corrected chi connectivity index (χ4v) is 3.55. The van der Waals surface area contributed by atoms with Gasteiger partial charge in [-0.05, 0) is 11.1 Å². The monoisotopic (exact) mass is 485 g/mol. The van der Waals surface area contributed by atoms with Crippen LogP contribution in [-0.4, -0.2) is 31.4 Å². The van der Waals surface area contributed by atoms with Crippen molar-refractivity contribution >= 4 is 5.78 Å². The first-order valence-corrected chi connectivity index (χ1v) is 9.45. The van der Waals surface area contributed by atoms with Gasteiger partial charge in [0.05, 0.1) is 21.1 Å². The molecule has 0 aromatic heterocycles. The second-order valence-electron chi connectivity index (χ2n) is 8.10. The largest absolute Gasteiger partial charge is 1.00 e. The van der Waals surface area contributed by atoms with Crippen molar-refractivity contribution in [3.63, 3.8) is 0 Å². The molecule has 1 unspecified atom stereocenters. The molecule has 0 N–H and O–H groups in total. The molecule has 0 heterocycles. The summed E-state index contributed by atoms with van der Waals surface area (Å²) in [5.41, 5.74) is 4.53. The molecule has 3 rings (SSSR count). The Morgan fingerprint density at radius 2 is 1.32 bits per heavy atom. The lowest BCUT2D eigenvalue weighted by atomic mass is 9.83. The molecule has 146 valence electrons. The number of benzene rings is 3. The maximum atomic E-state index is 13.0. The van der Waals surface area contributed by atoms with Gasteiger partial charge in [0.2, 0.25) is 0 Å². The number of nitrogens with zero attached hydrogens (tertiary/aromatic N) is 1. The zero-order valence-corrected chi connectivity index (χ0v) is 19.0. The molecule has 3 aromatic rings. The summed E-state index contributed by atoms with van der Waals surface area (Å²) in [4.78, 5) is 13.0. The smallest absolute Gasteiger partial charge is 0.163 e. The summed E-state index contributed by atoms with van der Waals surface area (Å²) in [6, 6.07) is 28.6. The van der Waals surface area contributed by atoms with Crippen molar-refractivity contribution in [3.8, 4) is 0 Å². The standard InChI is InChI=1S/C25H28NO.HI/c1-26(2,3)19-22-16-10-11-17-23(22)24(20-12-6-4-7-13-20)18-25(27)21-14-8-5-9-15-21;/h4-17,24H,18-19H2,1-3H3;1H/q+1;/p-1. The molecule has 0 aliphatic rings. The van der Waals surface area contributed by atoms with Gasteiger partial charge < -0.3 is 28.5 Å².